The van der Waals surface area contributed by atoms with Crippen molar-refractivity contribution in [3.63, 3.8) is 0 Å². The van der Waals surface area contributed by atoms with Gasteiger partial charge in [-0.25, -0.2) is 0 Å². The molecule has 0 saturated heterocycles. The Hall–Kier alpha value is -1.29. The molecule has 0 fully saturated rings. The van der Waals surface area contributed by atoms with E-state index in [1.54, 1.807) is 10.6 Å². The third kappa shape index (κ3) is 3.40. The largest absolute Gasteiger partial charge is 0.396 e. The van der Waals surface area contributed by atoms with Crippen LogP contribution in [0.4, 0.5) is 0 Å². The normalized spacial score (nSPS) is 12.5. The summed E-state index contributed by atoms with van der Waals surface area (Å²) in [5.41, 5.74) is 0.659. The molecule has 0 aliphatic carbocycles. The van der Waals surface area contributed by atoms with Crippen molar-refractivity contribution in [2.75, 3.05) is 13.2 Å². The number of carbonyl (C=O) groups is 1. The summed E-state index contributed by atoms with van der Waals surface area (Å²) in [5.74, 6) is 0.242. The first kappa shape index (κ1) is 11.8. The molecule has 4 nitrogen and oxygen atoms in total. The number of aryl methyl sites for hydroxylation is 1. The molecule has 1 rings (SSSR count). The maximum Gasteiger partial charge on any atom is 0.267 e. The maximum atomic E-state index is 11.6. The van der Waals surface area contributed by atoms with Gasteiger partial charge in [0.25, 0.3) is 5.91 Å². The molecule has 0 bridgehead atoms. The van der Waals surface area contributed by atoms with Crippen molar-refractivity contribution in [1.29, 1.82) is 0 Å². The number of hydrogen-bond acceptors (Lipinski definition) is 2. The first-order chi connectivity index (χ1) is 7.15. The van der Waals surface area contributed by atoms with Crippen LogP contribution in [0.25, 0.3) is 0 Å². The zero-order valence-electron chi connectivity index (χ0n) is 9.23. The van der Waals surface area contributed by atoms with E-state index in [1.807, 2.05) is 26.2 Å². The van der Waals surface area contributed by atoms with E-state index in [9.17, 15) is 4.79 Å². The van der Waals surface area contributed by atoms with E-state index in [0.29, 0.717) is 24.6 Å². The van der Waals surface area contributed by atoms with Crippen LogP contribution in [0.2, 0.25) is 0 Å². The van der Waals surface area contributed by atoms with Gasteiger partial charge in [0.15, 0.2) is 0 Å². The van der Waals surface area contributed by atoms with Crippen LogP contribution >= 0.6 is 0 Å². The lowest BCUT2D eigenvalue weighted by Crippen LogP contribution is -2.29. The molecule has 0 saturated carbocycles. The number of amides is 1. The molecule has 2 N–H and O–H groups in total. The second-order valence-corrected chi connectivity index (χ2v) is 3.83. The van der Waals surface area contributed by atoms with Crippen LogP contribution in [0.1, 0.15) is 23.8 Å². The van der Waals surface area contributed by atoms with Gasteiger partial charge >= 0.3 is 0 Å². The van der Waals surface area contributed by atoms with Gasteiger partial charge in [0, 0.05) is 26.4 Å². The zero-order chi connectivity index (χ0) is 11.3. The highest BCUT2D eigenvalue weighted by Crippen LogP contribution is 2.01. The molecule has 1 heterocycles. The number of rotatable bonds is 5. The summed E-state index contributed by atoms with van der Waals surface area (Å²) in [7, 11) is 1.84. The molecule has 1 aromatic heterocycles. The molecule has 0 aliphatic heterocycles. The topological polar surface area (TPSA) is 54.3 Å². The first-order valence-electron chi connectivity index (χ1n) is 5.15. The summed E-state index contributed by atoms with van der Waals surface area (Å²) in [5, 5.41) is 11.6. The monoisotopic (exact) mass is 210 g/mol. The summed E-state index contributed by atoms with van der Waals surface area (Å²) in [6.07, 6.45) is 2.56. The molecule has 1 amide bonds. The Morgan fingerprint density at radius 1 is 1.67 bits per heavy atom. The van der Waals surface area contributed by atoms with Crippen molar-refractivity contribution in [1.82, 2.24) is 9.88 Å². The number of aliphatic hydroxyl groups is 1. The number of hydrogen-bond donors (Lipinski definition) is 2. The maximum absolute atomic E-state index is 11.6. The Bertz CT molecular complexity index is 320. The van der Waals surface area contributed by atoms with E-state index in [0.717, 1.165) is 0 Å². The average Bonchev–Trinajstić information content (AvgIpc) is 2.61. The lowest BCUT2D eigenvalue weighted by atomic mass is 10.1. The predicted molar refractivity (Wildman–Crippen MR) is 58.6 cm³/mol. The molecule has 84 valence electrons. The van der Waals surface area contributed by atoms with Crippen LogP contribution in [-0.2, 0) is 7.05 Å². The molecular formula is C11H18N2O2. The van der Waals surface area contributed by atoms with E-state index >= 15 is 0 Å². The Kier molecular flexibility index (Phi) is 4.37. The van der Waals surface area contributed by atoms with E-state index in [-0.39, 0.29) is 12.5 Å². The fourth-order valence-electron chi connectivity index (χ4n) is 1.38. The van der Waals surface area contributed by atoms with Crippen molar-refractivity contribution < 1.29 is 9.90 Å². The van der Waals surface area contributed by atoms with Crippen LogP contribution in [0, 0.1) is 5.92 Å². The molecular weight excluding hydrogens is 192 g/mol. The molecule has 0 aliphatic rings. The highest BCUT2D eigenvalue weighted by molar-refractivity contribution is 5.92. The van der Waals surface area contributed by atoms with Gasteiger partial charge in [-0.3, -0.25) is 4.79 Å². The molecule has 15 heavy (non-hydrogen) atoms. The van der Waals surface area contributed by atoms with Crippen LogP contribution in [0.15, 0.2) is 18.3 Å². The minimum absolute atomic E-state index is 0.0627. The van der Waals surface area contributed by atoms with Crippen molar-refractivity contribution in [3.8, 4) is 0 Å². The SMILES string of the molecule is CC(CCO)CNC(=O)c1cccn1C. The van der Waals surface area contributed by atoms with Gasteiger partial charge in [0.2, 0.25) is 0 Å². The second kappa shape index (κ2) is 5.56. The van der Waals surface area contributed by atoms with Gasteiger partial charge in [0.1, 0.15) is 5.69 Å². The van der Waals surface area contributed by atoms with Gasteiger partial charge in [-0.05, 0) is 24.5 Å². The third-order valence-electron chi connectivity index (χ3n) is 2.41. The Balaban J connectivity index is 2.40. The summed E-state index contributed by atoms with van der Waals surface area (Å²) >= 11 is 0. The zero-order valence-corrected chi connectivity index (χ0v) is 9.23. The second-order valence-electron chi connectivity index (χ2n) is 3.83. The number of aliphatic hydroxyl groups excluding tert-OH is 1. The van der Waals surface area contributed by atoms with E-state index in [4.69, 9.17) is 5.11 Å². The summed E-state index contributed by atoms with van der Waals surface area (Å²) in [6, 6.07) is 3.62. The Morgan fingerprint density at radius 3 is 2.93 bits per heavy atom. The number of nitrogens with zero attached hydrogens (tertiary/aromatic N) is 1. The smallest absolute Gasteiger partial charge is 0.267 e. The number of aromatic nitrogens is 1. The average molecular weight is 210 g/mol. The van der Waals surface area contributed by atoms with Crippen molar-refractivity contribution in [2.24, 2.45) is 13.0 Å². The first-order valence-corrected chi connectivity index (χ1v) is 5.15. The fraction of sp³-hybridized carbons (Fsp3) is 0.545. The standard InChI is InChI=1S/C11H18N2O2/c1-9(5-7-14)8-12-11(15)10-4-3-6-13(10)2/h3-4,6,9,14H,5,7-8H2,1-2H3,(H,12,15). The van der Waals surface area contributed by atoms with E-state index in [2.05, 4.69) is 5.32 Å². The van der Waals surface area contributed by atoms with Gasteiger partial charge in [-0.1, -0.05) is 6.92 Å². The molecule has 1 aromatic rings. The molecule has 0 radical (unpaired) electrons. The molecule has 1 atom stereocenters. The highest BCUT2D eigenvalue weighted by Gasteiger charge is 2.09. The summed E-state index contributed by atoms with van der Waals surface area (Å²) in [6.45, 7) is 2.77. The minimum Gasteiger partial charge on any atom is -0.396 e. The van der Waals surface area contributed by atoms with Crippen LogP contribution in [-0.4, -0.2) is 28.7 Å². The predicted octanol–water partition coefficient (Wildman–Crippen LogP) is 0.773. The van der Waals surface area contributed by atoms with Crippen LogP contribution in [0.5, 0.6) is 0 Å². The molecule has 0 spiro atoms. The number of nitrogens with one attached hydrogen (secondary N) is 1. The van der Waals surface area contributed by atoms with Crippen molar-refractivity contribution in [3.05, 3.63) is 24.0 Å². The van der Waals surface area contributed by atoms with Gasteiger partial charge in [0.05, 0.1) is 0 Å². The summed E-state index contributed by atoms with van der Waals surface area (Å²) in [4.78, 5) is 11.6. The van der Waals surface area contributed by atoms with Crippen LogP contribution in [0.3, 0.4) is 0 Å². The van der Waals surface area contributed by atoms with E-state index in [1.165, 1.54) is 0 Å². The lowest BCUT2D eigenvalue weighted by Gasteiger charge is -2.11. The van der Waals surface area contributed by atoms with E-state index < -0.39 is 0 Å². The number of carbonyl (C=O) groups excluding carboxylic acids is 1. The Labute approximate surface area is 89.9 Å². The van der Waals surface area contributed by atoms with Gasteiger partial charge in [-0.2, -0.15) is 0 Å². The molecule has 4 heteroatoms. The fourth-order valence-corrected chi connectivity index (χ4v) is 1.38. The minimum atomic E-state index is -0.0627. The van der Waals surface area contributed by atoms with Crippen molar-refractivity contribution >= 4 is 5.91 Å². The Morgan fingerprint density at radius 2 is 2.40 bits per heavy atom. The van der Waals surface area contributed by atoms with Crippen LogP contribution < -0.4 is 5.32 Å². The highest BCUT2D eigenvalue weighted by atomic mass is 16.3. The van der Waals surface area contributed by atoms with Gasteiger partial charge < -0.3 is 15.0 Å². The summed E-state index contributed by atoms with van der Waals surface area (Å²) < 4.78 is 1.78. The molecule has 0 aromatic carbocycles. The molecule has 1 unspecified atom stereocenters. The van der Waals surface area contributed by atoms with Gasteiger partial charge in [-0.15, -0.1) is 0 Å². The quantitative estimate of drug-likeness (QED) is 0.754. The lowest BCUT2D eigenvalue weighted by molar-refractivity contribution is 0.0937. The van der Waals surface area contributed by atoms with Crippen molar-refractivity contribution in [2.45, 2.75) is 13.3 Å². The third-order valence-corrected chi connectivity index (χ3v) is 2.41.